The Morgan fingerprint density at radius 1 is 1.33 bits per heavy atom. The molecule has 0 aliphatic rings. The van der Waals surface area contributed by atoms with Crippen molar-refractivity contribution in [2.24, 2.45) is 0 Å². The monoisotopic (exact) mass is 239 g/mol. The van der Waals surface area contributed by atoms with E-state index in [1.807, 2.05) is 0 Å². The molecule has 0 aromatic heterocycles. The van der Waals surface area contributed by atoms with Gasteiger partial charge in [0.2, 0.25) is 10.0 Å². The number of hydrogen-bond donors (Lipinski definition) is 3. The molecule has 0 saturated carbocycles. The molecule has 0 aromatic carbocycles. The summed E-state index contributed by atoms with van der Waals surface area (Å²) in [6.45, 7) is -0.0943. The highest BCUT2D eigenvalue weighted by atomic mass is 32.2. The molecular formula is C7H17N3O4S. The second-order valence-electron chi connectivity index (χ2n) is 3.06. The maximum absolute atomic E-state index is 11.0. The van der Waals surface area contributed by atoms with Crippen molar-refractivity contribution in [3.8, 4) is 0 Å². The molecule has 0 heterocycles. The van der Waals surface area contributed by atoms with Crippen LogP contribution in [0.3, 0.4) is 0 Å². The molecule has 0 spiro atoms. The van der Waals surface area contributed by atoms with Gasteiger partial charge in [0.05, 0.1) is 12.4 Å². The summed E-state index contributed by atoms with van der Waals surface area (Å²) in [6, 6.07) is -0.281. The Balaban J connectivity index is 3.68. The fourth-order valence-electron chi connectivity index (χ4n) is 0.726. The van der Waals surface area contributed by atoms with Crippen LogP contribution in [0.4, 0.5) is 4.79 Å². The predicted octanol–water partition coefficient (Wildman–Crippen LogP) is -1.83. The molecule has 0 fully saturated rings. The number of amides is 2. The molecule has 3 N–H and O–H groups in total. The van der Waals surface area contributed by atoms with Crippen molar-refractivity contribution in [1.29, 1.82) is 0 Å². The van der Waals surface area contributed by atoms with E-state index in [1.54, 1.807) is 14.1 Å². The highest BCUT2D eigenvalue weighted by Gasteiger charge is 2.08. The molecule has 0 aliphatic carbocycles. The van der Waals surface area contributed by atoms with Gasteiger partial charge in [-0.3, -0.25) is 0 Å². The van der Waals surface area contributed by atoms with Gasteiger partial charge in [0, 0.05) is 27.2 Å². The highest BCUT2D eigenvalue weighted by molar-refractivity contribution is 7.89. The second-order valence-corrected chi connectivity index (χ2v) is 4.99. The summed E-state index contributed by atoms with van der Waals surface area (Å²) in [5.74, 6) is -0.325. The van der Waals surface area contributed by atoms with Crippen molar-refractivity contribution in [2.75, 3.05) is 39.5 Å². The second kappa shape index (κ2) is 6.59. The van der Waals surface area contributed by atoms with Crippen LogP contribution < -0.4 is 10.0 Å². The Labute approximate surface area is 89.5 Å². The number of nitrogens with one attached hydrogen (secondary N) is 2. The molecule has 2 amide bonds. The number of hydrogen-bond acceptors (Lipinski definition) is 4. The molecule has 0 aliphatic heterocycles. The molecule has 0 atom stereocenters. The minimum Gasteiger partial charge on any atom is -0.395 e. The van der Waals surface area contributed by atoms with Gasteiger partial charge in [-0.05, 0) is 0 Å². The van der Waals surface area contributed by atoms with E-state index in [2.05, 4.69) is 10.0 Å². The smallest absolute Gasteiger partial charge is 0.316 e. The predicted molar refractivity (Wildman–Crippen MR) is 56.0 cm³/mol. The summed E-state index contributed by atoms with van der Waals surface area (Å²) < 4.78 is 24.3. The first-order valence-corrected chi connectivity index (χ1v) is 6.07. The first-order valence-electron chi connectivity index (χ1n) is 4.42. The van der Waals surface area contributed by atoms with E-state index >= 15 is 0 Å². The Morgan fingerprint density at radius 2 is 1.93 bits per heavy atom. The highest BCUT2D eigenvalue weighted by Crippen LogP contribution is 1.81. The summed E-state index contributed by atoms with van der Waals surface area (Å²) >= 11 is 0. The van der Waals surface area contributed by atoms with Crippen LogP contribution in [-0.4, -0.2) is 64.0 Å². The van der Waals surface area contributed by atoms with Crippen LogP contribution in [0.15, 0.2) is 0 Å². The van der Waals surface area contributed by atoms with E-state index in [1.165, 1.54) is 4.90 Å². The number of urea groups is 1. The van der Waals surface area contributed by atoms with Crippen molar-refractivity contribution in [2.45, 2.75) is 0 Å². The van der Waals surface area contributed by atoms with Gasteiger partial charge in [-0.25, -0.2) is 17.9 Å². The van der Waals surface area contributed by atoms with E-state index in [-0.39, 0.29) is 24.9 Å². The number of sulfonamides is 1. The van der Waals surface area contributed by atoms with Crippen LogP contribution in [0.5, 0.6) is 0 Å². The van der Waals surface area contributed by atoms with Crippen LogP contribution in [-0.2, 0) is 10.0 Å². The SMILES string of the molecule is CN(C)C(=O)NCCNS(=O)(=O)CCO. The lowest BCUT2D eigenvalue weighted by atomic mass is 10.6. The number of rotatable bonds is 6. The van der Waals surface area contributed by atoms with Crippen LogP contribution in [0.2, 0.25) is 0 Å². The largest absolute Gasteiger partial charge is 0.395 e. The van der Waals surface area contributed by atoms with Gasteiger partial charge in [-0.1, -0.05) is 0 Å². The molecular weight excluding hydrogens is 222 g/mol. The Bertz CT molecular complexity index is 289. The molecule has 0 rings (SSSR count). The number of carbonyl (C=O) groups is 1. The van der Waals surface area contributed by atoms with Gasteiger partial charge >= 0.3 is 6.03 Å². The van der Waals surface area contributed by atoms with Crippen LogP contribution in [0.1, 0.15) is 0 Å². The average molecular weight is 239 g/mol. The molecule has 90 valence electrons. The van der Waals surface area contributed by atoms with Crippen LogP contribution in [0.25, 0.3) is 0 Å². The Hall–Kier alpha value is -0.860. The molecule has 7 nitrogen and oxygen atoms in total. The number of aliphatic hydroxyl groups is 1. The van der Waals surface area contributed by atoms with Crippen molar-refractivity contribution in [3.63, 3.8) is 0 Å². The van der Waals surface area contributed by atoms with Gasteiger partial charge in [0.15, 0.2) is 0 Å². The third kappa shape index (κ3) is 7.11. The van der Waals surface area contributed by atoms with Gasteiger partial charge in [-0.15, -0.1) is 0 Å². The van der Waals surface area contributed by atoms with Gasteiger partial charge in [0.1, 0.15) is 0 Å². The molecule has 15 heavy (non-hydrogen) atoms. The minimum absolute atomic E-state index is 0.113. The van der Waals surface area contributed by atoms with Crippen molar-refractivity contribution in [3.05, 3.63) is 0 Å². The summed E-state index contributed by atoms with van der Waals surface area (Å²) in [6.07, 6.45) is 0. The molecule has 0 unspecified atom stereocenters. The maximum atomic E-state index is 11.0. The molecule has 0 saturated heterocycles. The molecule has 0 bridgehead atoms. The van der Waals surface area contributed by atoms with E-state index in [0.717, 1.165) is 0 Å². The van der Waals surface area contributed by atoms with Gasteiger partial charge < -0.3 is 15.3 Å². The first-order chi connectivity index (χ1) is 6.89. The van der Waals surface area contributed by atoms with E-state index in [0.29, 0.717) is 0 Å². The fourth-order valence-corrected chi connectivity index (χ4v) is 1.52. The van der Waals surface area contributed by atoms with E-state index in [4.69, 9.17) is 5.11 Å². The number of nitrogens with zero attached hydrogens (tertiary/aromatic N) is 1. The van der Waals surface area contributed by atoms with Crippen LogP contribution >= 0.6 is 0 Å². The fraction of sp³-hybridized carbons (Fsp3) is 0.857. The zero-order valence-electron chi connectivity index (χ0n) is 8.86. The number of carbonyl (C=O) groups excluding carboxylic acids is 1. The lowest BCUT2D eigenvalue weighted by Gasteiger charge is -2.12. The molecule has 0 radical (unpaired) electrons. The quantitative estimate of drug-likeness (QED) is 0.475. The summed E-state index contributed by atoms with van der Waals surface area (Å²) in [4.78, 5) is 12.3. The lowest BCUT2D eigenvalue weighted by molar-refractivity contribution is 0.217. The van der Waals surface area contributed by atoms with Crippen molar-refractivity contribution < 1.29 is 18.3 Å². The Kier molecular flexibility index (Phi) is 6.21. The normalized spacial score (nSPS) is 11.1. The third-order valence-corrected chi connectivity index (χ3v) is 2.85. The number of aliphatic hydroxyl groups excluding tert-OH is 1. The van der Waals surface area contributed by atoms with E-state index in [9.17, 15) is 13.2 Å². The summed E-state index contributed by atoms with van der Waals surface area (Å²) in [5.41, 5.74) is 0. The van der Waals surface area contributed by atoms with Crippen molar-refractivity contribution in [1.82, 2.24) is 14.9 Å². The average Bonchev–Trinajstić information content (AvgIpc) is 2.11. The van der Waals surface area contributed by atoms with E-state index < -0.39 is 16.6 Å². The zero-order chi connectivity index (χ0) is 11.9. The summed E-state index contributed by atoms with van der Waals surface area (Å²) in [7, 11) is -0.238. The molecule has 8 heteroatoms. The standard InChI is InChI=1S/C7H17N3O4S/c1-10(2)7(12)8-3-4-9-15(13,14)6-5-11/h9,11H,3-6H2,1-2H3,(H,8,12). The summed E-state index contributed by atoms with van der Waals surface area (Å²) in [5, 5.41) is 10.9. The topological polar surface area (TPSA) is 98.7 Å². The van der Waals surface area contributed by atoms with Crippen molar-refractivity contribution >= 4 is 16.1 Å². The third-order valence-electron chi connectivity index (χ3n) is 1.49. The van der Waals surface area contributed by atoms with Gasteiger partial charge in [-0.2, -0.15) is 0 Å². The molecule has 0 aromatic rings. The zero-order valence-corrected chi connectivity index (χ0v) is 9.67. The first kappa shape index (κ1) is 14.1. The minimum atomic E-state index is -3.41. The Morgan fingerprint density at radius 3 is 2.40 bits per heavy atom. The lowest BCUT2D eigenvalue weighted by Crippen LogP contribution is -2.40. The van der Waals surface area contributed by atoms with Crippen LogP contribution in [0, 0.1) is 0 Å². The maximum Gasteiger partial charge on any atom is 0.316 e. The van der Waals surface area contributed by atoms with Gasteiger partial charge in [0.25, 0.3) is 0 Å².